The van der Waals surface area contributed by atoms with Gasteiger partial charge in [0.15, 0.2) is 0 Å². The van der Waals surface area contributed by atoms with Crippen LogP contribution in [0.1, 0.15) is 29.9 Å². The van der Waals surface area contributed by atoms with E-state index in [-0.39, 0.29) is 11.9 Å². The van der Waals surface area contributed by atoms with Crippen molar-refractivity contribution in [1.82, 2.24) is 9.78 Å². The molecule has 1 aromatic heterocycles. The smallest absolute Gasteiger partial charge is 0.124 e. The lowest BCUT2D eigenvalue weighted by atomic mass is 10.0. The largest absolute Gasteiger partial charge is 0.322 e. The van der Waals surface area contributed by atoms with E-state index in [4.69, 9.17) is 5.73 Å². The molecular formula is C14H17BrFN3. The van der Waals surface area contributed by atoms with Crippen molar-refractivity contribution in [2.45, 2.75) is 25.8 Å². The second kappa shape index (κ2) is 5.84. The molecule has 2 N–H and O–H groups in total. The average molecular weight is 326 g/mol. The summed E-state index contributed by atoms with van der Waals surface area (Å²) in [5.41, 5.74) is 9.25. The zero-order chi connectivity index (χ0) is 14.0. The Morgan fingerprint density at radius 1 is 1.42 bits per heavy atom. The van der Waals surface area contributed by atoms with Gasteiger partial charge in [0.1, 0.15) is 5.82 Å². The molecule has 0 radical (unpaired) electrons. The molecule has 0 spiro atoms. The van der Waals surface area contributed by atoms with Crippen molar-refractivity contribution >= 4 is 15.9 Å². The van der Waals surface area contributed by atoms with Crippen LogP contribution in [0.2, 0.25) is 0 Å². The molecule has 0 aliphatic rings. The number of nitrogens with two attached hydrogens (primary N) is 1. The van der Waals surface area contributed by atoms with E-state index in [1.54, 1.807) is 6.07 Å². The Kier molecular flexibility index (Phi) is 4.37. The Bertz CT molecular complexity index is 580. The zero-order valence-corrected chi connectivity index (χ0v) is 12.6. The van der Waals surface area contributed by atoms with Crippen molar-refractivity contribution in [1.29, 1.82) is 0 Å². The van der Waals surface area contributed by atoms with Gasteiger partial charge in [-0.3, -0.25) is 4.68 Å². The van der Waals surface area contributed by atoms with E-state index in [1.807, 2.05) is 17.8 Å². The normalized spacial score (nSPS) is 12.7. The molecule has 1 unspecified atom stereocenters. The standard InChI is InChI=1S/C14H17BrFN3/c1-3-11-8-14(19(2)18-11)13(17)6-9-4-5-10(16)7-12(9)15/h4-5,7-8,13H,3,6,17H2,1-2H3. The summed E-state index contributed by atoms with van der Waals surface area (Å²) in [6, 6.07) is 6.55. The van der Waals surface area contributed by atoms with E-state index in [9.17, 15) is 4.39 Å². The highest BCUT2D eigenvalue weighted by atomic mass is 79.9. The molecule has 1 aromatic carbocycles. The van der Waals surface area contributed by atoms with Gasteiger partial charge in [0.05, 0.1) is 17.4 Å². The van der Waals surface area contributed by atoms with Crippen molar-refractivity contribution in [2.24, 2.45) is 12.8 Å². The minimum absolute atomic E-state index is 0.153. The maximum absolute atomic E-state index is 13.0. The number of aryl methyl sites for hydroxylation is 2. The summed E-state index contributed by atoms with van der Waals surface area (Å²) in [5.74, 6) is -0.252. The van der Waals surface area contributed by atoms with Gasteiger partial charge in [0, 0.05) is 11.5 Å². The number of hydrogen-bond donors (Lipinski definition) is 1. The highest BCUT2D eigenvalue weighted by molar-refractivity contribution is 9.10. The molecule has 102 valence electrons. The summed E-state index contributed by atoms with van der Waals surface area (Å²) >= 11 is 3.37. The first-order valence-electron chi connectivity index (χ1n) is 6.23. The summed E-state index contributed by atoms with van der Waals surface area (Å²) in [7, 11) is 1.90. The van der Waals surface area contributed by atoms with Crippen LogP contribution in [0.15, 0.2) is 28.7 Å². The minimum atomic E-state index is -0.252. The summed E-state index contributed by atoms with van der Waals surface area (Å²) in [6.07, 6.45) is 1.53. The second-order valence-electron chi connectivity index (χ2n) is 4.58. The van der Waals surface area contributed by atoms with Gasteiger partial charge in [0.25, 0.3) is 0 Å². The predicted molar refractivity (Wildman–Crippen MR) is 77.3 cm³/mol. The molecule has 1 atom stereocenters. The molecular weight excluding hydrogens is 309 g/mol. The number of hydrogen-bond acceptors (Lipinski definition) is 2. The fourth-order valence-corrected chi connectivity index (χ4v) is 2.60. The van der Waals surface area contributed by atoms with Crippen molar-refractivity contribution < 1.29 is 4.39 Å². The highest BCUT2D eigenvalue weighted by Gasteiger charge is 2.14. The highest BCUT2D eigenvalue weighted by Crippen LogP contribution is 2.23. The lowest BCUT2D eigenvalue weighted by Gasteiger charge is -2.13. The van der Waals surface area contributed by atoms with Crippen LogP contribution in [-0.2, 0) is 19.9 Å². The molecule has 0 bridgehead atoms. The van der Waals surface area contributed by atoms with Gasteiger partial charge in [-0.2, -0.15) is 5.10 Å². The number of benzene rings is 1. The Morgan fingerprint density at radius 3 is 2.74 bits per heavy atom. The molecule has 0 saturated carbocycles. The van der Waals surface area contributed by atoms with Gasteiger partial charge >= 0.3 is 0 Å². The molecule has 1 heterocycles. The second-order valence-corrected chi connectivity index (χ2v) is 5.44. The number of halogens is 2. The average Bonchev–Trinajstić information content (AvgIpc) is 2.74. The zero-order valence-electron chi connectivity index (χ0n) is 11.0. The van der Waals surface area contributed by atoms with Crippen LogP contribution in [0.5, 0.6) is 0 Å². The first-order valence-corrected chi connectivity index (χ1v) is 7.03. The Balaban J connectivity index is 2.20. The van der Waals surface area contributed by atoms with Gasteiger partial charge < -0.3 is 5.73 Å². The third-order valence-electron chi connectivity index (χ3n) is 3.16. The fraction of sp³-hybridized carbons (Fsp3) is 0.357. The predicted octanol–water partition coefficient (Wildman–Crippen LogP) is 3.13. The lowest BCUT2D eigenvalue weighted by molar-refractivity contribution is 0.607. The van der Waals surface area contributed by atoms with Crippen molar-refractivity contribution in [2.75, 3.05) is 0 Å². The Morgan fingerprint density at radius 2 is 2.16 bits per heavy atom. The molecule has 3 nitrogen and oxygen atoms in total. The van der Waals surface area contributed by atoms with E-state index in [0.717, 1.165) is 27.8 Å². The van der Waals surface area contributed by atoms with Gasteiger partial charge in [0.2, 0.25) is 0 Å². The number of aromatic nitrogens is 2. The minimum Gasteiger partial charge on any atom is -0.322 e. The van der Waals surface area contributed by atoms with E-state index >= 15 is 0 Å². The van der Waals surface area contributed by atoms with Gasteiger partial charge in [-0.05, 0) is 36.6 Å². The lowest BCUT2D eigenvalue weighted by Crippen LogP contribution is -2.17. The van der Waals surface area contributed by atoms with Crippen LogP contribution >= 0.6 is 15.9 Å². The van der Waals surface area contributed by atoms with Gasteiger partial charge in [-0.1, -0.05) is 28.9 Å². The van der Waals surface area contributed by atoms with E-state index in [1.165, 1.54) is 12.1 Å². The molecule has 0 amide bonds. The van der Waals surface area contributed by atoms with Crippen molar-refractivity contribution in [3.05, 3.63) is 51.5 Å². The summed E-state index contributed by atoms with van der Waals surface area (Å²) < 4.78 is 15.6. The summed E-state index contributed by atoms with van der Waals surface area (Å²) in [4.78, 5) is 0. The number of nitrogens with zero attached hydrogens (tertiary/aromatic N) is 2. The van der Waals surface area contributed by atoms with Crippen LogP contribution in [-0.4, -0.2) is 9.78 Å². The summed E-state index contributed by atoms with van der Waals surface area (Å²) in [5, 5.41) is 4.39. The maximum atomic E-state index is 13.0. The van der Waals surface area contributed by atoms with Crippen LogP contribution in [0.4, 0.5) is 4.39 Å². The van der Waals surface area contributed by atoms with E-state index in [0.29, 0.717) is 6.42 Å². The van der Waals surface area contributed by atoms with Crippen molar-refractivity contribution in [3.63, 3.8) is 0 Å². The van der Waals surface area contributed by atoms with Crippen LogP contribution in [0.3, 0.4) is 0 Å². The molecule has 0 saturated heterocycles. The SMILES string of the molecule is CCc1cc(C(N)Cc2ccc(F)cc2Br)n(C)n1. The van der Waals surface area contributed by atoms with E-state index < -0.39 is 0 Å². The molecule has 0 aliphatic heterocycles. The topological polar surface area (TPSA) is 43.8 Å². The molecule has 19 heavy (non-hydrogen) atoms. The summed E-state index contributed by atoms with van der Waals surface area (Å²) in [6.45, 7) is 2.06. The molecule has 2 rings (SSSR count). The van der Waals surface area contributed by atoms with Crippen LogP contribution < -0.4 is 5.73 Å². The molecule has 5 heteroatoms. The maximum Gasteiger partial charge on any atom is 0.124 e. The first kappa shape index (κ1) is 14.2. The van der Waals surface area contributed by atoms with Gasteiger partial charge in [-0.25, -0.2) is 4.39 Å². The van der Waals surface area contributed by atoms with Gasteiger partial charge in [-0.15, -0.1) is 0 Å². The molecule has 0 aliphatic carbocycles. The third-order valence-corrected chi connectivity index (χ3v) is 3.90. The quantitative estimate of drug-likeness (QED) is 0.938. The van der Waals surface area contributed by atoms with Crippen molar-refractivity contribution in [3.8, 4) is 0 Å². The third kappa shape index (κ3) is 3.22. The molecule has 0 fully saturated rings. The van der Waals surface area contributed by atoms with Crippen LogP contribution in [0.25, 0.3) is 0 Å². The monoisotopic (exact) mass is 325 g/mol. The van der Waals surface area contributed by atoms with E-state index in [2.05, 4.69) is 28.0 Å². The Labute approximate surface area is 120 Å². The first-order chi connectivity index (χ1) is 9.01. The van der Waals surface area contributed by atoms with Crippen LogP contribution in [0, 0.1) is 5.82 Å². The number of rotatable bonds is 4. The Hall–Kier alpha value is -1.20. The fourth-order valence-electron chi connectivity index (χ4n) is 2.09. The molecule has 2 aromatic rings.